The van der Waals surface area contributed by atoms with E-state index in [1.54, 1.807) is 46.3 Å². The van der Waals surface area contributed by atoms with Crippen molar-refractivity contribution >= 4 is 17.5 Å². The highest BCUT2D eigenvalue weighted by Crippen LogP contribution is 2.48. The molecular formula is C28H31NO7. The molecule has 0 saturated heterocycles. The summed E-state index contributed by atoms with van der Waals surface area (Å²) in [4.78, 5) is 31.5. The number of methoxy groups -OCH3 is 3. The number of ketones is 1. The Hall–Kier alpha value is -3.81. The van der Waals surface area contributed by atoms with Crippen LogP contribution in [0.25, 0.3) is 0 Å². The number of benzene rings is 2. The number of esters is 1. The maximum absolute atomic E-state index is 13.7. The van der Waals surface area contributed by atoms with Crippen LogP contribution in [0.4, 0.5) is 0 Å². The van der Waals surface area contributed by atoms with Crippen molar-refractivity contribution in [2.24, 2.45) is 10.9 Å². The Morgan fingerprint density at radius 3 is 2.28 bits per heavy atom. The Bertz CT molecular complexity index is 1250. The Morgan fingerprint density at radius 2 is 1.64 bits per heavy atom. The topological polar surface area (TPSA) is 104 Å². The molecule has 2 aliphatic rings. The highest BCUT2D eigenvalue weighted by atomic mass is 16.5. The Balaban J connectivity index is 1.79. The number of rotatable bonds is 7. The largest absolute Gasteiger partial charge is 0.504 e. The number of phenolic OH excluding ortho intramolecular Hbond substituents is 1. The molecule has 1 aliphatic heterocycles. The second-order valence-electron chi connectivity index (χ2n) is 8.89. The minimum Gasteiger partial charge on any atom is -0.504 e. The fourth-order valence-corrected chi connectivity index (χ4v) is 5.20. The van der Waals surface area contributed by atoms with Crippen molar-refractivity contribution in [3.05, 3.63) is 58.8 Å². The summed E-state index contributed by atoms with van der Waals surface area (Å²) in [6.45, 7) is 3.74. The molecule has 8 heteroatoms. The van der Waals surface area contributed by atoms with Gasteiger partial charge in [0.05, 0.1) is 27.9 Å². The van der Waals surface area contributed by atoms with Gasteiger partial charge in [0, 0.05) is 29.3 Å². The molecule has 1 heterocycles. The van der Waals surface area contributed by atoms with E-state index in [9.17, 15) is 14.7 Å². The fourth-order valence-electron chi connectivity index (χ4n) is 5.20. The maximum Gasteiger partial charge on any atom is 0.315 e. The van der Waals surface area contributed by atoms with Gasteiger partial charge in [-0.25, -0.2) is 0 Å². The van der Waals surface area contributed by atoms with E-state index in [4.69, 9.17) is 23.9 Å². The van der Waals surface area contributed by atoms with Crippen molar-refractivity contribution in [2.45, 2.75) is 38.5 Å². The summed E-state index contributed by atoms with van der Waals surface area (Å²) in [5.41, 5.74) is 3.31. The standard InChI is InChI=1S/C28H31NO7/c1-6-36-28(32)25-15(2)29-19-11-18(16-7-10-23(34-4)24(14-16)35-5)13-21(31)27(19)26(25)17-8-9-22(33-3)20(30)12-17/h7-10,12,14,18,25-26,30H,6,11,13H2,1-5H3/t18-,25?,26-/m0/s1. The van der Waals surface area contributed by atoms with E-state index in [1.807, 2.05) is 18.2 Å². The summed E-state index contributed by atoms with van der Waals surface area (Å²) in [6.07, 6.45) is 0.791. The van der Waals surface area contributed by atoms with Crippen LogP contribution in [0, 0.1) is 5.92 Å². The number of Topliss-reactive ketones (excluding diaryl/α,β-unsaturated/α-hetero) is 1. The normalized spacial score (nSPS) is 21.4. The van der Waals surface area contributed by atoms with E-state index in [0.29, 0.717) is 46.2 Å². The van der Waals surface area contributed by atoms with Gasteiger partial charge in [0.1, 0.15) is 5.92 Å². The molecule has 0 spiro atoms. The van der Waals surface area contributed by atoms with Crippen molar-refractivity contribution in [3.63, 3.8) is 0 Å². The first-order chi connectivity index (χ1) is 17.3. The monoisotopic (exact) mass is 493 g/mol. The van der Waals surface area contributed by atoms with Crippen molar-refractivity contribution in [2.75, 3.05) is 27.9 Å². The second kappa shape index (κ2) is 10.4. The quantitative estimate of drug-likeness (QED) is 0.564. The van der Waals surface area contributed by atoms with Gasteiger partial charge in [0.2, 0.25) is 0 Å². The van der Waals surface area contributed by atoms with Crippen LogP contribution in [0.2, 0.25) is 0 Å². The number of aromatic hydroxyl groups is 1. The van der Waals surface area contributed by atoms with E-state index in [1.165, 1.54) is 7.11 Å². The highest BCUT2D eigenvalue weighted by Gasteiger charge is 2.45. The van der Waals surface area contributed by atoms with E-state index >= 15 is 0 Å². The first kappa shape index (κ1) is 25.3. The van der Waals surface area contributed by atoms with Gasteiger partial charge in [0.25, 0.3) is 0 Å². The molecule has 1 N–H and O–H groups in total. The van der Waals surface area contributed by atoms with Crippen molar-refractivity contribution in [1.82, 2.24) is 0 Å². The third-order valence-corrected chi connectivity index (χ3v) is 6.87. The van der Waals surface area contributed by atoms with Crippen LogP contribution in [0.5, 0.6) is 23.0 Å². The van der Waals surface area contributed by atoms with Crippen LogP contribution >= 0.6 is 0 Å². The molecule has 0 saturated carbocycles. The summed E-state index contributed by atoms with van der Waals surface area (Å²) in [5.74, 6) is -0.549. The number of hydrogen-bond acceptors (Lipinski definition) is 8. The molecule has 8 nitrogen and oxygen atoms in total. The molecule has 190 valence electrons. The third kappa shape index (κ3) is 4.55. The van der Waals surface area contributed by atoms with Gasteiger partial charge in [0.15, 0.2) is 28.8 Å². The zero-order valence-electron chi connectivity index (χ0n) is 21.2. The first-order valence-electron chi connectivity index (χ1n) is 11.9. The van der Waals surface area contributed by atoms with Gasteiger partial charge >= 0.3 is 5.97 Å². The van der Waals surface area contributed by atoms with Gasteiger partial charge in [-0.2, -0.15) is 0 Å². The number of hydrogen-bond donors (Lipinski definition) is 1. The Kier molecular flexibility index (Phi) is 7.33. The third-order valence-electron chi connectivity index (χ3n) is 6.87. The van der Waals surface area contributed by atoms with E-state index < -0.39 is 17.8 Å². The van der Waals surface area contributed by atoms with Crippen LogP contribution in [0.3, 0.4) is 0 Å². The highest BCUT2D eigenvalue weighted by molar-refractivity contribution is 6.09. The van der Waals surface area contributed by atoms with Crippen molar-refractivity contribution in [3.8, 4) is 23.0 Å². The zero-order valence-corrected chi connectivity index (χ0v) is 21.2. The number of aliphatic imine (C=N–C) groups is 1. The lowest BCUT2D eigenvalue weighted by molar-refractivity contribution is -0.146. The minimum atomic E-state index is -0.766. The average Bonchev–Trinajstić information content (AvgIpc) is 2.87. The van der Waals surface area contributed by atoms with E-state index in [2.05, 4.69) is 0 Å². The van der Waals surface area contributed by atoms with Crippen LogP contribution in [0.1, 0.15) is 49.7 Å². The van der Waals surface area contributed by atoms with E-state index in [-0.39, 0.29) is 30.5 Å². The lowest BCUT2D eigenvalue weighted by Crippen LogP contribution is -2.38. The van der Waals surface area contributed by atoms with Gasteiger partial charge in [-0.15, -0.1) is 0 Å². The molecule has 2 aromatic rings. The summed E-state index contributed by atoms with van der Waals surface area (Å²) < 4.78 is 21.3. The second-order valence-corrected chi connectivity index (χ2v) is 8.89. The van der Waals surface area contributed by atoms with Gasteiger partial charge in [-0.3, -0.25) is 14.6 Å². The lowest BCUT2D eigenvalue weighted by atomic mass is 9.69. The average molecular weight is 494 g/mol. The number of phenols is 1. The zero-order chi connectivity index (χ0) is 26.0. The van der Waals surface area contributed by atoms with Crippen LogP contribution in [0.15, 0.2) is 52.7 Å². The Morgan fingerprint density at radius 1 is 0.972 bits per heavy atom. The molecule has 2 aromatic carbocycles. The Labute approximate surface area is 210 Å². The molecule has 0 aromatic heterocycles. The van der Waals surface area contributed by atoms with Crippen molar-refractivity contribution in [1.29, 1.82) is 0 Å². The molecule has 0 radical (unpaired) electrons. The smallest absolute Gasteiger partial charge is 0.315 e. The fraction of sp³-hybridized carbons (Fsp3) is 0.393. The van der Waals surface area contributed by atoms with E-state index in [0.717, 1.165) is 5.56 Å². The number of carbonyl (C=O) groups excluding carboxylic acids is 2. The number of allylic oxidation sites excluding steroid dienone is 2. The molecule has 0 amide bonds. The molecule has 1 aliphatic carbocycles. The van der Waals surface area contributed by atoms with Gasteiger partial charge in [-0.05, 0) is 61.6 Å². The summed E-state index contributed by atoms with van der Waals surface area (Å²) in [5, 5.41) is 10.5. The van der Waals surface area contributed by atoms with Crippen LogP contribution in [-0.4, -0.2) is 50.5 Å². The summed E-state index contributed by atoms with van der Waals surface area (Å²) in [6, 6.07) is 10.6. The lowest BCUT2D eigenvalue weighted by Gasteiger charge is -2.36. The van der Waals surface area contributed by atoms with Crippen LogP contribution < -0.4 is 14.2 Å². The predicted octanol–water partition coefficient (Wildman–Crippen LogP) is 4.56. The number of nitrogens with zero attached hydrogens (tertiary/aromatic N) is 1. The molecular weight excluding hydrogens is 462 g/mol. The molecule has 1 unspecified atom stereocenters. The van der Waals surface area contributed by atoms with Crippen LogP contribution in [-0.2, 0) is 14.3 Å². The maximum atomic E-state index is 13.7. The number of carbonyl (C=O) groups is 2. The molecule has 0 fully saturated rings. The molecule has 3 atom stereocenters. The van der Waals surface area contributed by atoms with Gasteiger partial charge in [-0.1, -0.05) is 12.1 Å². The molecule has 4 rings (SSSR count). The van der Waals surface area contributed by atoms with Crippen molar-refractivity contribution < 1.29 is 33.6 Å². The minimum absolute atomic E-state index is 0.0635. The first-order valence-corrected chi connectivity index (χ1v) is 11.9. The SMILES string of the molecule is CCOC(=O)C1C(C)=NC2=C(C(=O)C[C@@H](c3ccc(OC)c(OC)c3)C2)[C@H]1c1ccc(OC)c(O)c1. The van der Waals surface area contributed by atoms with Gasteiger partial charge < -0.3 is 24.1 Å². The summed E-state index contributed by atoms with van der Waals surface area (Å²) in [7, 11) is 4.62. The molecule has 0 bridgehead atoms. The predicted molar refractivity (Wildman–Crippen MR) is 134 cm³/mol. The number of ether oxygens (including phenoxy) is 4. The summed E-state index contributed by atoms with van der Waals surface area (Å²) >= 11 is 0. The molecule has 36 heavy (non-hydrogen) atoms.